The number of fused-ring (bicyclic) bond motifs is 5. The zero-order chi connectivity index (χ0) is 22.8. The van der Waals surface area contributed by atoms with Crippen molar-refractivity contribution < 1.29 is 26.4 Å². The van der Waals surface area contributed by atoms with E-state index >= 15 is 0 Å². The van der Waals surface area contributed by atoms with Crippen LogP contribution in [0.2, 0.25) is 0 Å². The van der Waals surface area contributed by atoms with E-state index in [1.165, 1.54) is 42.5 Å². The van der Waals surface area contributed by atoms with Gasteiger partial charge in [0.1, 0.15) is 0 Å². The lowest BCUT2D eigenvalue weighted by molar-refractivity contribution is -0.123. The highest BCUT2D eigenvalue weighted by molar-refractivity contribution is 7.92. The summed E-state index contributed by atoms with van der Waals surface area (Å²) in [7, 11) is -8.04. The number of benzene rings is 2. The molecule has 2 aromatic rings. The number of primary sulfonamides is 1. The van der Waals surface area contributed by atoms with Crippen molar-refractivity contribution in [3.63, 3.8) is 0 Å². The van der Waals surface area contributed by atoms with Crippen LogP contribution in [0, 0.1) is 23.7 Å². The summed E-state index contributed by atoms with van der Waals surface area (Å²) in [5.74, 6) is -0.995. The molecule has 0 spiro atoms. The van der Waals surface area contributed by atoms with Crippen LogP contribution in [-0.2, 0) is 29.6 Å². The van der Waals surface area contributed by atoms with Gasteiger partial charge in [0.2, 0.25) is 21.8 Å². The van der Waals surface area contributed by atoms with E-state index in [1.807, 2.05) is 12.2 Å². The summed E-state index contributed by atoms with van der Waals surface area (Å²) < 4.78 is 50.7. The Morgan fingerprint density at radius 3 is 2.00 bits per heavy atom. The molecule has 2 aliphatic carbocycles. The van der Waals surface area contributed by atoms with Gasteiger partial charge < -0.3 is 0 Å². The van der Waals surface area contributed by atoms with Gasteiger partial charge in [-0.05, 0) is 60.7 Å². The third-order valence-corrected chi connectivity index (χ3v) is 8.60. The zero-order valence-electron chi connectivity index (χ0n) is 16.6. The molecule has 1 saturated heterocycles. The second kappa shape index (κ2) is 6.99. The SMILES string of the molecule is NS(=O)(=O)c1cccc(NS(=O)(=O)c2ccc(N3C(=O)[C@@H]4C5C=CC(C5)[C@@H]4C3=O)cc2)c1. The van der Waals surface area contributed by atoms with Gasteiger partial charge in [0.05, 0.1) is 33.0 Å². The van der Waals surface area contributed by atoms with Crippen molar-refractivity contribution >= 4 is 43.2 Å². The van der Waals surface area contributed by atoms with Crippen molar-refractivity contribution in [1.29, 1.82) is 0 Å². The number of nitrogens with zero attached hydrogens (tertiary/aromatic N) is 1. The molecule has 3 aliphatic rings. The fraction of sp³-hybridized carbons (Fsp3) is 0.238. The molecule has 9 nitrogen and oxygen atoms in total. The van der Waals surface area contributed by atoms with Crippen LogP contribution in [0.5, 0.6) is 0 Å². The maximum absolute atomic E-state index is 12.9. The lowest BCUT2D eigenvalue weighted by atomic mass is 9.85. The van der Waals surface area contributed by atoms with Crippen molar-refractivity contribution in [3.05, 3.63) is 60.7 Å². The van der Waals surface area contributed by atoms with E-state index in [0.717, 1.165) is 17.4 Å². The summed E-state index contributed by atoms with van der Waals surface area (Å²) in [6, 6.07) is 10.6. The molecular formula is C21H19N3O6S2. The first-order valence-electron chi connectivity index (χ1n) is 9.88. The van der Waals surface area contributed by atoms with Gasteiger partial charge in [0.25, 0.3) is 10.0 Å². The summed E-state index contributed by atoms with van der Waals surface area (Å²) in [6.07, 6.45) is 4.84. The Kier molecular flexibility index (Phi) is 4.56. The van der Waals surface area contributed by atoms with Gasteiger partial charge in [-0.2, -0.15) is 0 Å². The van der Waals surface area contributed by atoms with E-state index in [2.05, 4.69) is 4.72 Å². The number of rotatable bonds is 5. The lowest BCUT2D eigenvalue weighted by Crippen LogP contribution is -2.32. The summed E-state index contributed by atoms with van der Waals surface area (Å²) >= 11 is 0. The maximum atomic E-state index is 12.9. The van der Waals surface area contributed by atoms with Crippen molar-refractivity contribution in [3.8, 4) is 0 Å². The summed E-state index contributed by atoms with van der Waals surface area (Å²) in [4.78, 5) is 26.6. The highest BCUT2D eigenvalue weighted by Gasteiger charge is 2.59. The molecule has 3 N–H and O–H groups in total. The van der Waals surface area contributed by atoms with E-state index in [-0.39, 0.29) is 51.0 Å². The topological polar surface area (TPSA) is 144 Å². The van der Waals surface area contributed by atoms with E-state index in [4.69, 9.17) is 5.14 Å². The normalized spacial score (nSPS) is 26.6. The molecule has 2 unspecified atom stereocenters. The average Bonchev–Trinajstić information content (AvgIpc) is 3.41. The number of hydrogen-bond donors (Lipinski definition) is 2. The number of carbonyl (C=O) groups is 2. The predicted molar refractivity (Wildman–Crippen MR) is 115 cm³/mol. The molecule has 11 heteroatoms. The Morgan fingerprint density at radius 2 is 1.44 bits per heavy atom. The smallest absolute Gasteiger partial charge is 0.261 e. The minimum atomic E-state index is -4.05. The molecule has 5 rings (SSSR count). The maximum Gasteiger partial charge on any atom is 0.261 e. The van der Waals surface area contributed by atoms with Crippen LogP contribution in [-0.4, -0.2) is 28.6 Å². The van der Waals surface area contributed by atoms with Crippen LogP contribution in [0.3, 0.4) is 0 Å². The first-order valence-corrected chi connectivity index (χ1v) is 12.9. The van der Waals surface area contributed by atoms with Gasteiger partial charge in [0, 0.05) is 0 Å². The van der Waals surface area contributed by atoms with Gasteiger partial charge in [-0.3, -0.25) is 19.2 Å². The molecule has 0 radical (unpaired) electrons. The monoisotopic (exact) mass is 473 g/mol. The van der Waals surface area contributed by atoms with Crippen molar-refractivity contribution in [2.24, 2.45) is 28.8 Å². The molecular weight excluding hydrogens is 454 g/mol. The molecule has 2 fully saturated rings. The molecule has 1 aliphatic heterocycles. The fourth-order valence-corrected chi connectivity index (χ4v) is 6.49. The lowest BCUT2D eigenvalue weighted by Gasteiger charge is -2.17. The number of amides is 2. The average molecular weight is 474 g/mol. The Morgan fingerprint density at radius 1 is 0.844 bits per heavy atom. The van der Waals surface area contributed by atoms with Crippen LogP contribution >= 0.6 is 0 Å². The predicted octanol–water partition coefficient (Wildman–Crippen LogP) is 1.45. The largest absolute Gasteiger partial charge is 0.280 e. The number of anilines is 2. The zero-order valence-corrected chi connectivity index (χ0v) is 18.2. The molecule has 2 bridgehead atoms. The molecule has 1 saturated carbocycles. The molecule has 2 aromatic carbocycles. The first kappa shape index (κ1) is 20.9. The molecule has 4 atom stereocenters. The number of allylic oxidation sites excluding steroid dienone is 2. The molecule has 1 heterocycles. The molecule has 0 aromatic heterocycles. The minimum Gasteiger partial charge on any atom is -0.280 e. The standard InChI is InChI=1S/C21H19N3O6S2/c22-31(27,28)17-3-1-2-14(11-17)23-32(29,30)16-8-6-15(7-9-16)24-20(25)18-12-4-5-13(10-12)19(18)21(24)26/h1-9,11-13,18-19,23H,10H2,(H2,22,27,28)/t12?,13?,18-,19+. The third-order valence-electron chi connectivity index (χ3n) is 6.29. The van der Waals surface area contributed by atoms with Crippen molar-refractivity contribution in [2.75, 3.05) is 9.62 Å². The van der Waals surface area contributed by atoms with Gasteiger partial charge >= 0.3 is 0 Å². The highest BCUT2D eigenvalue weighted by atomic mass is 32.2. The quantitative estimate of drug-likeness (QED) is 0.497. The number of nitrogens with two attached hydrogens (primary N) is 1. The van der Waals surface area contributed by atoms with Crippen LogP contribution in [0.25, 0.3) is 0 Å². The molecule has 166 valence electrons. The van der Waals surface area contributed by atoms with E-state index in [9.17, 15) is 26.4 Å². The van der Waals surface area contributed by atoms with E-state index in [1.54, 1.807) is 0 Å². The summed E-state index contributed by atoms with van der Waals surface area (Å²) in [6.45, 7) is 0. The Labute approximate surface area is 185 Å². The van der Waals surface area contributed by atoms with Gasteiger partial charge in [-0.25, -0.2) is 22.0 Å². The van der Waals surface area contributed by atoms with Gasteiger partial charge in [0.15, 0.2) is 0 Å². The Balaban J connectivity index is 1.38. The van der Waals surface area contributed by atoms with Crippen LogP contribution in [0.4, 0.5) is 11.4 Å². The van der Waals surface area contributed by atoms with Crippen molar-refractivity contribution in [1.82, 2.24) is 0 Å². The number of nitrogens with one attached hydrogen (secondary N) is 1. The Hall–Kier alpha value is -3.02. The van der Waals surface area contributed by atoms with Crippen LogP contribution in [0.15, 0.2) is 70.5 Å². The van der Waals surface area contributed by atoms with Crippen LogP contribution in [0.1, 0.15) is 6.42 Å². The van der Waals surface area contributed by atoms with Gasteiger partial charge in [-0.1, -0.05) is 18.2 Å². The Bertz CT molecular complexity index is 1350. The molecule has 2 amide bonds. The second-order valence-corrected chi connectivity index (χ2v) is 11.4. The summed E-state index contributed by atoms with van der Waals surface area (Å²) in [5, 5.41) is 5.09. The number of carbonyl (C=O) groups excluding carboxylic acids is 2. The number of hydrogen-bond acceptors (Lipinski definition) is 6. The minimum absolute atomic E-state index is 0.0290. The molecule has 32 heavy (non-hydrogen) atoms. The first-order chi connectivity index (χ1) is 15.1. The van der Waals surface area contributed by atoms with E-state index in [0.29, 0.717) is 5.69 Å². The number of imide groups is 1. The number of sulfonamides is 2. The summed E-state index contributed by atoms with van der Waals surface area (Å²) in [5.41, 5.74) is 0.352. The highest BCUT2D eigenvalue weighted by Crippen LogP contribution is 2.53. The van der Waals surface area contributed by atoms with Crippen LogP contribution < -0.4 is 14.8 Å². The second-order valence-electron chi connectivity index (χ2n) is 8.18. The van der Waals surface area contributed by atoms with Crippen molar-refractivity contribution in [2.45, 2.75) is 16.2 Å². The third kappa shape index (κ3) is 3.24. The van der Waals surface area contributed by atoms with Gasteiger partial charge in [-0.15, -0.1) is 0 Å². The fourth-order valence-electron chi connectivity index (χ4n) is 4.88. The van der Waals surface area contributed by atoms with E-state index < -0.39 is 20.0 Å².